The van der Waals surface area contributed by atoms with Crippen molar-refractivity contribution in [3.63, 3.8) is 0 Å². The van der Waals surface area contributed by atoms with Gasteiger partial charge in [-0.05, 0) is 13.5 Å². The third-order valence-electron chi connectivity index (χ3n) is 2.35. The average molecular weight is 202 g/mol. The predicted octanol–water partition coefficient (Wildman–Crippen LogP) is 0.167. The summed E-state index contributed by atoms with van der Waals surface area (Å²) in [5.41, 5.74) is 0. The van der Waals surface area contributed by atoms with Crippen molar-refractivity contribution in [1.29, 1.82) is 0 Å². The molecule has 0 radical (unpaired) electrons. The molecular weight excluding hydrogens is 180 g/mol. The maximum atomic E-state index is 10.9. The number of aliphatic hydroxyl groups is 1. The quantitative estimate of drug-likeness (QED) is 0.667. The number of hydrogen-bond donors (Lipinski definition) is 1. The molecule has 1 amide bonds. The molecule has 0 aliphatic carbocycles. The molecule has 1 atom stereocenters. The van der Waals surface area contributed by atoms with E-state index in [4.69, 9.17) is 0 Å². The molecule has 4 heteroatoms. The maximum absolute atomic E-state index is 10.9. The van der Waals surface area contributed by atoms with Gasteiger partial charge in [-0.2, -0.15) is 0 Å². The minimum absolute atomic E-state index is 0.0782. The average Bonchev–Trinajstić information content (AvgIpc) is 2.13. The molecule has 84 valence electrons. The van der Waals surface area contributed by atoms with Crippen LogP contribution in [0.3, 0.4) is 0 Å². The van der Waals surface area contributed by atoms with Gasteiger partial charge in [0, 0.05) is 33.6 Å². The van der Waals surface area contributed by atoms with E-state index < -0.39 is 0 Å². The molecule has 0 aromatic rings. The summed E-state index contributed by atoms with van der Waals surface area (Å²) < 4.78 is 0. The van der Waals surface area contributed by atoms with Crippen LogP contribution in [-0.2, 0) is 4.79 Å². The zero-order valence-electron chi connectivity index (χ0n) is 9.66. The molecule has 0 aromatic heterocycles. The van der Waals surface area contributed by atoms with Gasteiger partial charge in [-0.3, -0.25) is 4.79 Å². The van der Waals surface area contributed by atoms with Crippen LogP contribution in [0.25, 0.3) is 0 Å². The Labute approximate surface area is 86.5 Å². The Morgan fingerprint density at radius 1 is 1.36 bits per heavy atom. The number of likely N-dealkylation sites (N-methyl/N-ethyl adjacent to an activating group) is 2. The van der Waals surface area contributed by atoms with E-state index in [1.165, 1.54) is 0 Å². The van der Waals surface area contributed by atoms with Crippen LogP contribution in [-0.4, -0.2) is 60.6 Å². The summed E-state index contributed by atoms with van der Waals surface area (Å²) in [5.74, 6) is 0.0782. The summed E-state index contributed by atoms with van der Waals surface area (Å²) in [5, 5.41) is 9.38. The van der Waals surface area contributed by atoms with Gasteiger partial charge < -0.3 is 14.9 Å². The number of aliphatic hydroxyl groups excluding tert-OH is 1. The Hall–Kier alpha value is -0.610. The van der Waals surface area contributed by atoms with Gasteiger partial charge in [-0.25, -0.2) is 0 Å². The van der Waals surface area contributed by atoms with Gasteiger partial charge in [0.05, 0.1) is 6.10 Å². The highest BCUT2D eigenvalue weighted by molar-refractivity contribution is 5.72. The predicted molar refractivity (Wildman–Crippen MR) is 57.1 cm³/mol. The van der Waals surface area contributed by atoms with Gasteiger partial charge in [-0.15, -0.1) is 0 Å². The Morgan fingerprint density at radius 3 is 2.36 bits per heavy atom. The van der Waals surface area contributed by atoms with Crippen molar-refractivity contribution in [2.24, 2.45) is 0 Å². The highest BCUT2D eigenvalue weighted by Crippen LogP contribution is 1.94. The van der Waals surface area contributed by atoms with Crippen LogP contribution >= 0.6 is 0 Å². The van der Waals surface area contributed by atoms with E-state index >= 15 is 0 Å². The molecule has 0 aliphatic heterocycles. The summed E-state index contributed by atoms with van der Waals surface area (Å²) >= 11 is 0. The summed E-state index contributed by atoms with van der Waals surface area (Å²) in [6.07, 6.45) is 0.509. The second-order valence-electron chi connectivity index (χ2n) is 3.76. The van der Waals surface area contributed by atoms with E-state index in [1.807, 2.05) is 18.9 Å². The maximum Gasteiger partial charge on any atom is 0.219 e. The lowest BCUT2D eigenvalue weighted by molar-refractivity contribution is -0.127. The second-order valence-corrected chi connectivity index (χ2v) is 3.76. The number of nitrogens with zero attached hydrogens (tertiary/aromatic N) is 2. The van der Waals surface area contributed by atoms with Crippen LogP contribution in [0.15, 0.2) is 0 Å². The third kappa shape index (κ3) is 5.94. The van der Waals surface area contributed by atoms with E-state index in [9.17, 15) is 9.90 Å². The Balaban J connectivity index is 3.63. The molecule has 0 bridgehead atoms. The zero-order valence-corrected chi connectivity index (χ0v) is 9.66. The standard InChI is InChI=1S/C10H22N2O2/c1-5-10(14)8-11(3)6-7-12(4)9(2)13/h10,14H,5-8H2,1-4H3. The van der Waals surface area contributed by atoms with Crippen molar-refractivity contribution in [1.82, 2.24) is 9.80 Å². The number of rotatable bonds is 6. The van der Waals surface area contributed by atoms with Gasteiger partial charge in [0.1, 0.15) is 0 Å². The first kappa shape index (κ1) is 13.4. The molecule has 1 unspecified atom stereocenters. The van der Waals surface area contributed by atoms with Gasteiger partial charge >= 0.3 is 0 Å². The van der Waals surface area contributed by atoms with Crippen LogP contribution in [0, 0.1) is 0 Å². The van der Waals surface area contributed by atoms with Crippen LogP contribution in [0.4, 0.5) is 0 Å². The number of carbonyl (C=O) groups excluding carboxylic acids is 1. The minimum Gasteiger partial charge on any atom is -0.392 e. The number of carbonyl (C=O) groups is 1. The van der Waals surface area contributed by atoms with Gasteiger partial charge in [-0.1, -0.05) is 6.92 Å². The molecule has 0 heterocycles. The van der Waals surface area contributed by atoms with E-state index in [0.29, 0.717) is 13.1 Å². The van der Waals surface area contributed by atoms with Crippen LogP contribution < -0.4 is 0 Å². The van der Waals surface area contributed by atoms with E-state index in [1.54, 1.807) is 18.9 Å². The molecule has 0 fully saturated rings. The Bertz CT molecular complexity index is 174. The van der Waals surface area contributed by atoms with Crippen LogP contribution in [0.5, 0.6) is 0 Å². The molecule has 0 aliphatic rings. The molecule has 0 saturated heterocycles. The van der Waals surface area contributed by atoms with Crippen molar-refractivity contribution in [2.75, 3.05) is 33.7 Å². The van der Waals surface area contributed by atoms with E-state index in [2.05, 4.69) is 0 Å². The van der Waals surface area contributed by atoms with Gasteiger partial charge in [0.15, 0.2) is 0 Å². The first-order chi connectivity index (χ1) is 6.47. The molecular formula is C10H22N2O2. The first-order valence-electron chi connectivity index (χ1n) is 5.05. The van der Waals surface area contributed by atoms with Crippen LogP contribution in [0.2, 0.25) is 0 Å². The first-order valence-corrected chi connectivity index (χ1v) is 5.05. The highest BCUT2D eigenvalue weighted by Gasteiger charge is 2.07. The lowest BCUT2D eigenvalue weighted by atomic mass is 10.2. The van der Waals surface area contributed by atoms with Crippen molar-refractivity contribution in [3.8, 4) is 0 Å². The Morgan fingerprint density at radius 2 is 1.93 bits per heavy atom. The van der Waals surface area contributed by atoms with Crippen molar-refractivity contribution >= 4 is 5.91 Å². The molecule has 0 aromatic carbocycles. The Kier molecular flexibility index (Phi) is 6.49. The fourth-order valence-corrected chi connectivity index (χ4v) is 1.06. The lowest BCUT2D eigenvalue weighted by Gasteiger charge is -2.22. The smallest absolute Gasteiger partial charge is 0.219 e. The normalized spacial score (nSPS) is 13.0. The summed E-state index contributed by atoms with van der Waals surface area (Å²) in [6.45, 7) is 5.69. The summed E-state index contributed by atoms with van der Waals surface area (Å²) in [7, 11) is 3.74. The fraction of sp³-hybridized carbons (Fsp3) is 0.900. The summed E-state index contributed by atoms with van der Waals surface area (Å²) in [4.78, 5) is 14.6. The number of hydrogen-bond acceptors (Lipinski definition) is 3. The van der Waals surface area contributed by atoms with E-state index in [-0.39, 0.29) is 12.0 Å². The van der Waals surface area contributed by atoms with Gasteiger partial charge in [0.25, 0.3) is 0 Å². The van der Waals surface area contributed by atoms with Crippen molar-refractivity contribution in [2.45, 2.75) is 26.4 Å². The zero-order chi connectivity index (χ0) is 11.1. The fourth-order valence-electron chi connectivity index (χ4n) is 1.06. The monoisotopic (exact) mass is 202 g/mol. The molecule has 14 heavy (non-hydrogen) atoms. The minimum atomic E-state index is -0.261. The summed E-state index contributed by atoms with van der Waals surface area (Å²) in [6, 6.07) is 0. The highest BCUT2D eigenvalue weighted by atomic mass is 16.3. The molecule has 0 saturated carbocycles. The second kappa shape index (κ2) is 6.79. The third-order valence-corrected chi connectivity index (χ3v) is 2.35. The topological polar surface area (TPSA) is 43.8 Å². The molecule has 1 N–H and O–H groups in total. The van der Waals surface area contributed by atoms with Crippen molar-refractivity contribution < 1.29 is 9.90 Å². The molecule has 0 rings (SSSR count). The van der Waals surface area contributed by atoms with Crippen LogP contribution in [0.1, 0.15) is 20.3 Å². The largest absolute Gasteiger partial charge is 0.392 e. The van der Waals surface area contributed by atoms with Crippen molar-refractivity contribution in [3.05, 3.63) is 0 Å². The van der Waals surface area contributed by atoms with E-state index in [0.717, 1.165) is 13.0 Å². The van der Waals surface area contributed by atoms with Gasteiger partial charge in [0.2, 0.25) is 5.91 Å². The molecule has 0 spiro atoms. The molecule has 4 nitrogen and oxygen atoms in total. The SMILES string of the molecule is CCC(O)CN(C)CCN(C)C(C)=O. The number of amides is 1. The lowest BCUT2D eigenvalue weighted by Crippen LogP contribution is -2.36.